The van der Waals surface area contributed by atoms with Gasteiger partial charge in [-0.1, -0.05) is 27.7 Å². The maximum Gasteiger partial charge on any atom is 0.142 e. The summed E-state index contributed by atoms with van der Waals surface area (Å²) in [7, 11) is 0. The Balaban J connectivity index is 1.98. The Kier molecular flexibility index (Phi) is 5.41. The molecular weight excluding hydrogens is 248 g/mol. The monoisotopic (exact) mass is 276 g/mol. The second-order valence-corrected chi connectivity index (χ2v) is 6.53. The molecule has 1 N–H and O–H groups in total. The first-order valence-electron chi connectivity index (χ1n) is 7.89. The molecule has 3 atom stereocenters. The van der Waals surface area contributed by atoms with Gasteiger partial charge in [0.1, 0.15) is 5.75 Å². The van der Waals surface area contributed by atoms with Gasteiger partial charge in [-0.15, -0.1) is 0 Å². The number of nitrogens with zero attached hydrogens (tertiary/aromatic N) is 1. The predicted octanol–water partition coefficient (Wildman–Crippen LogP) is 3.78. The van der Waals surface area contributed by atoms with Crippen LogP contribution in [0, 0.1) is 11.8 Å². The molecule has 1 aliphatic rings. The fourth-order valence-electron chi connectivity index (χ4n) is 2.76. The second kappa shape index (κ2) is 7.07. The lowest BCUT2D eigenvalue weighted by atomic mass is 9.80. The minimum absolute atomic E-state index is 0.350. The van der Waals surface area contributed by atoms with Gasteiger partial charge in [0.15, 0.2) is 0 Å². The van der Waals surface area contributed by atoms with Crippen LogP contribution in [-0.4, -0.2) is 17.1 Å². The number of pyridine rings is 1. The van der Waals surface area contributed by atoms with Gasteiger partial charge in [0.25, 0.3) is 0 Å². The number of hydrogen-bond acceptors (Lipinski definition) is 3. The van der Waals surface area contributed by atoms with E-state index in [1.807, 2.05) is 12.4 Å². The molecule has 1 aliphatic carbocycles. The van der Waals surface area contributed by atoms with Gasteiger partial charge in [0.05, 0.1) is 12.3 Å². The Hall–Kier alpha value is -1.09. The van der Waals surface area contributed by atoms with Crippen LogP contribution >= 0.6 is 0 Å². The number of rotatable bonds is 5. The molecule has 0 amide bonds. The first-order chi connectivity index (χ1) is 9.56. The Bertz CT molecular complexity index is 419. The maximum atomic E-state index is 6.23. The van der Waals surface area contributed by atoms with Crippen molar-refractivity contribution < 1.29 is 4.74 Å². The van der Waals surface area contributed by atoms with E-state index >= 15 is 0 Å². The quantitative estimate of drug-likeness (QED) is 0.888. The molecular formula is C17H28N2O. The fraction of sp³-hybridized carbons (Fsp3) is 0.706. The summed E-state index contributed by atoms with van der Waals surface area (Å²) < 4.78 is 6.23. The molecule has 0 radical (unpaired) electrons. The normalized spacial score (nSPS) is 26.8. The van der Waals surface area contributed by atoms with E-state index in [4.69, 9.17) is 4.74 Å². The highest BCUT2D eigenvalue weighted by molar-refractivity contribution is 5.30. The van der Waals surface area contributed by atoms with Crippen LogP contribution in [0.25, 0.3) is 0 Å². The first kappa shape index (κ1) is 15.3. The highest BCUT2D eigenvalue weighted by Gasteiger charge is 2.26. The molecule has 1 fully saturated rings. The van der Waals surface area contributed by atoms with E-state index in [9.17, 15) is 0 Å². The van der Waals surface area contributed by atoms with E-state index in [1.54, 1.807) is 0 Å². The smallest absolute Gasteiger partial charge is 0.142 e. The lowest BCUT2D eigenvalue weighted by Gasteiger charge is -2.32. The zero-order valence-electron chi connectivity index (χ0n) is 13.2. The van der Waals surface area contributed by atoms with Crippen molar-refractivity contribution in [3.63, 3.8) is 0 Å². The SMILES string of the molecule is CC(C)NCc1ccncc1OC1CCC(C)C(C)C1. The van der Waals surface area contributed by atoms with E-state index in [1.165, 1.54) is 12.0 Å². The molecule has 2 rings (SSSR count). The Morgan fingerprint density at radius 3 is 2.80 bits per heavy atom. The van der Waals surface area contributed by atoms with Gasteiger partial charge in [-0.05, 0) is 37.2 Å². The van der Waals surface area contributed by atoms with Gasteiger partial charge in [0, 0.05) is 24.3 Å². The van der Waals surface area contributed by atoms with E-state index in [2.05, 4.69) is 44.1 Å². The summed E-state index contributed by atoms with van der Waals surface area (Å²) in [5.74, 6) is 2.53. The topological polar surface area (TPSA) is 34.2 Å². The predicted molar refractivity (Wildman–Crippen MR) is 82.8 cm³/mol. The van der Waals surface area contributed by atoms with Crippen LogP contribution in [0.15, 0.2) is 18.5 Å². The summed E-state index contributed by atoms with van der Waals surface area (Å²) in [5, 5.41) is 3.45. The molecule has 0 aliphatic heterocycles. The average Bonchev–Trinajstić information content (AvgIpc) is 2.42. The van der Waals surface area contributed by atoms with Crippen LogP contribution in [0.5, 0.6) is 5.75 Å². The zero-order chi connectivity index (χ0) is 14.5. The molecule has 0 aromatic carbocycles. The molecule has 20 heavy (non-hydrogen) atoms. The van der Waals surface area contributed by atoms with Crippen LogP contribution in [0.4, 0.5) is 0 Å². The highest BCUT2D eigenvalue weighted by atomic mass is 16.5. The molecule has 1 heterocycles. The maximum absolute atomic E-state index is 6.23. The van der Waals surface area contributed by atoms with Crippen LogP contribution in [-0.2, 0) is 6.54 Å². The van der Waals surface area contributed by atoms with Gasteiger partial charge in [-0.2, -0.15) is 0 Å². The minimum Gasteiger partial charge on any atom is -0.488 e. The molecule has 0 bridgehead atoms. The van der Waals surface area contributed by atoms with Crippen molar-refractivity contribution >= 4 is 0 Å². The van der Waals surface area contributed by atoms with E-state index < -0.39 is 0 Å². The summed E-state index contributed by atoms with van der Waals surface area (Å²) in [6.07, 6.45) is 7.65. The van der Waals surface area contributed by atoms with E-state index in [0.29, 0.717) is 12.1 Å². The molecule has 3 nitrogen and oxygen atoms in total. The number of ether oxygens (including phenoxy) is 1. The standard InChI is InChI=1S/C17H28N2O/c1-12(2)19-10-15-7-8-18-11-17(15)20-16-6-5-13(3)14(4)9-16/h7-8,11-14,16,19H,5-6,9-10H2,1-4H3. The van der Waals surface area contributed by atoms with Crippen LogP contribution in [0.2, 0.25) is 0 Å². The van der Waals surface area contributed by atoms with Crippen molar-refractivity contribution in [2.45, 2.75) is 65.6 Å². The van der Waals surface area contributed by atoms with Gasteiger partial charge < -0.3 is 10.1 Å². The molecule has 1 aromatic rings. The minimum atomic E-state index is 0.350. The third-order valence-corrected chi connectivity index (χ3v) is 4.41. The summed E-state index contributed by atoms with van der Waals surface area (Å²) >= 11 is 0. The van der Waals surface area contributed by atoms with E-state index in [0.717, 1.165) is 37.0 Å². The summed E-state index contributed by atoms with van der Waals surface area (Å²) in [5.41, 5.74) is 1.21. The zero-order valence-corrected chi connectivity index (χ0v) is 13.2. The third kappa shape index (κ3) is 4.20. The van der Waals surface area contributed by atoms with Gasteiger partial charge >= 0.3 is 0 Å². The summed E-state index contributed by atoms with van der Waals surface area (Å²) in [6.45, 7) is 9.85. The highest BCUT2D eigenvalue weighted by Crippen LogP contribution is 2.32. The summed E-state index contributed by atoms with van der Waals surface area (Å²) in [4.78, 5) is 4.22. The largest absolute Gasteiger partial charge is 0.488 e. The Labute approximate surface area is 123 Å². The fourth-order valence-corrected chi connectivity index (χ4v) is 2.76. The number of hydrogen-bond donors (Lipinski definition) is 1. The van der Waals surface area contributed by atoms with Crippen molar-refractivity contribution in [1.29, 1.82) is 0 Å². The molecule has 3 unspecified atom stereocenters. The van der Waals surface area contributed by atoms with Crippen molar-refractivity contribution in [2.75, 3.05) is 0 Å². The summed E-state index contributed by atoms with van der Waals surface area (Å²) in [6, 6.07) is 2.53. The van der Waals surface area contributed by atoms with Crippen LogP contribution < -0.4 is 10.1 Å². The van der Waals surface area contributed by atoms with Gasteiger partial charge in [-0.25, -0.2) is 0 Å². The number of aromatic nitrogens is 1. The number of nitrogens with one attached hydrogen (secondary N) is 1. The molecule has 0 spiro atoms. The van der Waals surface area contributed by atoms with Crippen molar-refractivity contribution in [3.05, 3.63) is 24.0 Å². The molecule has 112 valence electrons. The lowest BCUT2D eigenvalue weighted by molar-refractivity contribution is 0.0992. The van der Waals surface area contributed by atoms with Gasteiger partial charge in [0.2, 0.25) is 0 Å². The van der Waals surface area contributed by atoms with Crippen molar-refractivity contribution in [1.82, 2.24) is 10.3 Å². The molecule has 3 heteroatoms. The van der Waals surface area contributed by atoms with Crippen LogP contribution in [0.3, 0.4) is 0 Å². The third-order valence-electron chi connectivity index (χ3n) is 4.41. The molecule has 1 aromatic heterocycles. The van der Waals surface area contributed by atoms with Gasteiger partial charge in [-0.3, -0.25) is 4.98 Å². The Morgan fingerprint density at radius 2 is 2.10 bits per heavy atom. The first-order valence-corrected chi connectivity index (χ1v) is 7.89. The van der Waals surface area contributed by atoms with E-state index in [-0.39, 0.29) is 0 Å². The van der Waals surface area contributed by atoms with Crippen LogP contribution in [0.1, 0.15) is 52.5 Å². The molecule has 0 saturated heterocycles. The lowest BCUT2D eigenvalue weighted by Crippen LogP contribution is -2.29. The van der Waals surface area contributed by atoms with Crippen molar-refractivity contribution in [3.8, 4) is 5.75 Å². The van der Waals surface area contributed by atoms with Crippen molar-refractivity contribution in [2.24, 2.45) is 11.8 Å². The molecule has 1 saturated carbocycles. The Morgan fingerprint density at radius 1 is 1.30 bits per heavy atom. The average molecular weight is 276 g/mol. The second-order valence-electron chi connectivity index (χ2n) is 6.53.